The van der Waals surface area contributed by atoms with Crippen LogP contribution in [-0.2, 0) is 4.12 Å². The number of hydrogen-bond acceptors (Lipinski definition) is 2. The maximum absolute atomic E-state index is 5.61. The molecule has 0 aromatic heterocycles. The monoisotopic (exact) mass is 164 g/mol. The molecule has 0 atom stereocenters. The summed E-state index contributed by atoms with van der Waals surface area (Å²) in [4.78, 5) is 0. The van der Waals surface area contributed by atoms with E-state index in [0.717, 1.165) is 10.9 Å². The van der Waals surface area contributed by atoms with E-state index >= 15 is 0 Å². The molecule has 2 N–H and O–H groups in total. The van der Waals surface area contributed by atoms with Crippen LogP contribution >= 0.6 is 0 Å². The van der Waals surface area contributed by atoms with Crippen molar-refractivity contribution >= 4 is 31.1 Å². The molecule has 0 amide bonds. The van der Waals surface area contributed by atoms with Crippen molar-refractivity contribution in [3.63, 3.8) is 0 Å². The summed E-state index contributed by atoms with van der Waals surface area (Å²) in [6.07, 6.45) is 0. The van der Waals surface area contributed by atoms with Gasteiger partial charge in [0.15, 0.2) is 0 Å². The quantitative estimate of drug-likeness (QED) is 0.477. The predicted molar refractivity (Wildman–Crippen MR) is 43.1 cm³/mol. The summed E-state index contributed by atoms with van der Waals surface area (Å²) in [6.45, 7) is 0. The van der Waals surface area contributed by atoms with Crippen LogP contribution in [-0.4, -0.2) is 20.2 Å². The summed E-state index contributed by atoms with van der Waals surface area (Å²) < 4.78 is 4.76. The average Bonchev–Trinajstić information content (AvgIpc) is 1.94. The second-order valence-corrected chi connectivity index (χ2v) is 3.35. The van der Waals surface area contributed by atoms with Crippen molar-refractivity contribution in [1.29, 1.82) is 0 Å². The van der Waals surface area contributed by atoms with Gasteiger partial charge in [-0.15, -0.1) is 0 Å². The van der Waals surface area contributed by atoms with E-state index in [1.807, 2.05) is 24.3 Å². The van der Waals surface area contributed by atoms with Gasteiger partial charge in [0.2, 0.25) is 10.5 Å². The smallest absolute Gasteiger partial charge is 0.258 e. The van der Waals surface area contributed by atoms with Gasteiger partial charge in [0, 0.05) is 5.69 Å². The molecule has 0 saturated heterocycles. The Kier molecular flexibility index (Phi) is 2.67. The zero-order valence-electron chi connectivity index (χ0n) is 5.29. The van der Waals surface area contributed by atoms with Crippen LogP contribution in [0.5, 0.6) is 0 Å². The minimum atomic E-state index is 0.275. The summed E-state index contributed by atoms with van der Waals surface area (Å²) in [5.74, 6) is 0. The van der Waals surface area contributed by atoms with Gasteiger partial charge in [-0.2, -0.15) is 0 Å². The highest BCUT2D eigenvalue weighted by Crippen LogP contribution is 1.94. The zero-order chi connectivity index (χ0) is 7.40. The average molecular weight is 164 g/mol. The number of benzene rings is 1. The van der Waals surface area contributed by atoms with E-state index in [2.05, 4.69) is 10.5 Å². The molecule has 4 heteroatoms. The lowest BCUT2D eigenvalue weighted by Crippen LogP contribution is -2.19. The third kappa shape index (κ3) is 1.69. The molecule has 10 heavy (non-hydrogen) atoms. The topological polar surface area (TPSA) is 35.2 Å². The third-order valence-corrected chi connectivity index (χ3v) is 2.21. The van der Waals surface area contributed by atoms with Crippen LogP contribution in [0.15, 0.2) is 24.3 Å². The SMILES string of the molecule is Nc1ccccc1[Si]O[Si]. The maximum Gasteiger partial charge on any atom is 0.258 e. The highest BCUT2D eigenvalue weighted by molar-refractivity contribution is 6.52. The number of anilines is 1. The molecule has 0 aliphatic heterocycles. The van der Waals surface area contributed by atoms with E-state index in [1.54, 1.807) is 0 Å². The Morgan fingerprint density at radius 2 is 2.10 bits per heavy atom. The second kappa shape index (κ2) is 3.55. The van der Waals surface area contributed by atoms with Crippen molar-refractivity contribution in [2.45, 2.75) is 0 Å². The summed E-state index contributed by atoms with van der Waals surface area (Å²) in [7, 11) is 3.20. The van der Waals surface area contributed by atoms with Crippen LogP contribution in [0.3, 0.4) is 0 Å². The van der Waals surface area contributed by atoms with E-state index in [0.29, 0.717) is 0 Å². The van der Waals surface area contributed by atoms with Gasteiger partial charge in [0.05, 0.1) is 0 Å². The number of nitrogens with two attached hydrogens (primary N) is 1. The number of nitrogen functional groups attached to an aromatic ring is 1. The van der Waals surface area contributed by atoms with Gasteiger partial charge >= 0.3 is 0 Å². The van der Waals surface area contributed by atoms with E-state index in [-0.39, 0.29) is 9.76 Å². The minimum absolute atomic E-state index is 0.275. The lowest BCUT2D eigenvalue weighted by Gasteiger charge is -1.99. The van der Waals surface area contributed by atoms with Gasteiger partial charge in [-0.05, 0) is 11.3 Å². The fourth-order valence-electron chi connectivity index (χ4n) is 0.645. The third-order valence-electron chi connectivity index (χ3n) is 1.12. The lowest BCUT2D eigenvalue weighted by molar-refractivity contribution is 0.677. The maximum atomic E-state index is 5.61. The van der Waals surface area contributed by atoms with Gasteiger partial charge in [0.1, 0.15) is 0 Å². The molecule has 2 nitrogen and oxygen atoms in total. The molecule has 49 valence electrons. The van der Waals surface area contributed by atoms with E-state index in [4.69, 9.17) is 9.85 Å². The van der Waals surface area contributed by atoms with Gasteiger partial charge in [-0.3, -0.25) is 0 Å². The summed E-state index contributed by atoms with van der Waals surface area (Å²) in [6, 6.07) is 7.63. The first-order valence-corrected chi connectivity index (χ1v) is 4.09. The zero-order valence-corrected chi connectivity index (χ0v) is 7.29. The molecule has 0 saturated carbocycles. The molecule has 0 heterocycles. The fourth-order valence-corrected chi connectivity index (χ4v) is 1.45. The van der Waals surface area contributed by atoms with Crippen molar-refractivity contribution in [3.05, 3.63) is 24.3 Å². The Hall–Kier alpha value is -0.586. The Balaban J connectivity index is 2.81. The largest absolute Gasteiger partial charge is 0.454 e. The molecule has 1 rings (SSSR count). The Morgan fingerprint density at radius 1 is 1.40 bits per heavy atom. The van der Waals surface area contributed by atoms with Crippen molar-refractivity contribution in [3.8, 4) is 0 Å². The van der Waals surface area contributed by atoms with Gasteiger partial charge < -0.3 is 9.85 Å². The van der Waals surface area contributed by atoms with E-state index in [9.17, 15) is 0 Å². The number of rotatable bonds is 2. The van der Waals surface area contributed by atoms with Crippen molar-refractivity contribution in [2.75, 3.05) is 5.73 Å². The first-order chi connectivity index (χ1) is 4.84. The van der Waals surface area contributed by atoms with Crippen molar-refractivity contribution < 1.29 is 4.12 Å². The molecule has 0 aliphatic carbocycles. The predicted octanol–water partition coefficient (Wildman–Crippen LogP) is -0.387. The molecule has 0 unspecified atom stereocenters. The summed E-state index contributed by atoms with van der Waals surface area (Å²) in [5.41, 5.74) is 6.39. The molecular formula is C6H6NOSi2. The van der Waals surface area contributed by atoms with Gasteiger partial charge in [-0.25, -0.2) is 0 Å². The highest BCUT2D eigenvalue weighted by Gasteiger charge is 1.96. The molecular weight excluding hydrogens is 158 g/mol. The molecule has 0 aliphatic rings. The highest BCUT2D eigenvalue weighted by atomic mass is 28.3. The first kappa shape index (κ1) is 7.52. The van der Waals surface area contributed by atoms with E-state index < -0.39 is 0 Å². The van der Waals surface area contributed by atoms with Crippen LogP contribution in [0.25, 0.3) is 0 Å². The Morgan fingerprint density at radius 3 is 2.70 bits per heavy atom. The van der Waals surface area contributed by atoms with Crippen LogP contribution in [0.1, 0.15) is 0 Å². The molecule has 0 fully saturated rings. The molecule has 1 aromatic carbocycles. The minimum Gasteiger partial charge on any atom is -0.454 e. The van der Waals surface area contributed by atoms with Gasteiger partial charge in [0.25, 0.3) is 9.76 Å². The molecule has 0 bridgehead atoms. The van der Waals surface area contributed by atoms with Crippen molar-refractivity contribution in [2.24, 2.45) is 0 Å². The van der Waals surface area contributed by atoms with Crippen LogP contribution in [0.4, 0.5) is 5.69 Å². The number of para-hydroxylation sites is 1. The van der Waals surface area contributed by atoms with E-state index in [1.165, 1.54) is 0 Å². The second-order valence-electron chi connectivity index (χ2n) is 1.79. The standard InChI is InChI=1S/C6H6NOSi2/c7-5-3-1-2-4-6(5)10-8-9/h1-4H,7H2. The lowest BCUT2D eigenvalue weighted by atomic mass is 10.3. The fraction of sp³-hybridized carbons (Fsp3) is 0. The first-order valence-electron chi connectivity index (χ1n) is 2.77. The molecule has 5 radical (unpaired) electrons. The van der Waals surface area contributed by atoms with Crippen LogP contribution < -0.4 is 10.9 Å². The normalized spacial score (nSPS) is 9.70. The van der Waals surface area contributed by atoms with Gasteiger partial charge in [-0.1, -0.05) is 18.2 Å². The van der Waals surface area contributed by atoms with Crippen molar-refractivity contribution in [1.82, 2.24) is 0 Å². The number of hydrogen-bond donors (Lipinski definition) is 1. The molecule has 1 aromatic rings. The van der Waals surface area contributed by atoms with Crippen LogP contribution in [0, 0.1) is 0 Å². The summed E-state index contributed by atoms with van der Waals surface area (Å²) >= 11 is 0. The Labute approximate surface area is 65.9 Å². The Bertz CT molecular complexity index is 217. The summed E-state index contributed by atoms with van der Waals surface area (Å²) in [5, 5.41) is 1.03. The molecule has 0 spiro atoms. The van der Waals surface area contributed by atoms with Crippen LogP contribution in [0.2, 0.25) is 0 Å².